The third kappa shape index (κ3) is 4.93. The summed E-state index contributed by atoms with van der Waals surface area (Å²) in [6.45, 7) is 3.81. The van der Waals surface area contributed by atoms with Crippen molar-refractivity contribution in [1.82, 2.24) is 0 Å². The molecule has 0 aromatic heterocycles. The molecule has 0 fully saturated rings. The zero-order valence-electron chi connectivity index (χ0n) is 16.6. The van der Waals surface area contributed by atoms with Crippen molar-refractivity contribution < 1.29 is 19.1 Å². The van der Waals surface area contributed by atoms with Crippen LogP contribution in [0.3, 0.4) is 0 Å². The molecule has 0 saturated heterocycles. The molecule has 0 aliphatic rings. The molecule has 0 bridgehead atoms. The zero-order valence-corrected chi connectivity index (χ0v) is 16.6. The van der Waals surface area contributed by atoms with E-state index in [2.05, 4.69) is 5.32 Å². The van der Waals surface area contributed by atoms with Crippen molar-refractivity contribution in [1.29, 1.82) is 0 Å². The molecular formula is C24H25NO4. The van der Waals surface area contributed by atoms with Gasteiger partial charge in [0.2, 0.25) is 0 Å². The highest BCUT2D eigenvalue weighted by Crippen LogP contribution is 2.30. The lowest BCUT2D eigenvalue weighted by Gasteiger charge is -2.26. The van der Waals surface area contributed by atoms with E-state index in [4.69, 9.17) is 9.47 Å². The fraction of sp³-hybridized carbons (Fsp3) is 0.250. The van der Waals surface area contributed by atoms with E-state index in [9.17, 15) is 9.59 Å². The lowest BCUT2D eigenvalue weighted by molar-refractivity contribution is -0.162. The number of hydrogen-bond acceptors (Lipinski definition) is 5. The Labute approximate surface area is 170 Å². The number of benzene rings is 3. The average molecular weight is 391 g/mol. The first kappa shape index (κ1) is 20.4. The van der Waals surface area contributed by atoms with Crippen molar-refractivity contribution in [2.24, 2.45) is 5.92 Å². The van der Waals surface area contributed by atoms with E-state index in [-0.39, 0.29) is 13.2 Å². The van der Waals surface area contributed by atoms with Crippen molar-refractivity contribution in [2.45, 2.75) is 19.9 Å². The van der Waals surface area contributed by atoms with E-state index in [1.165, 1.54) is 0 Å². The van der Waals surface area contributed by atoms with Gasteiger partial charge < -0.3 is 14.8 Å². The maximum absolute atomic E-state index is 12.7. The summed E-state index contributed by atoms with van der Waals surface area (Å²) in [6.07, 6.45) is 0. The molecule has 0 saturated carbocycles. The van der Waals surface area contributed by atoms with E-state index >= 15 is 0 Å². The second kappa shape index (κ2) is 9.73. The predicted octanol–water partition coefficient (Wildman–Crippen LogP) is 4.74. The fourth-order valence-corrected chi connectivity index (χ4v) is 3.31. The number of nitrogens with one attached hydrogen (secondary N) is 1. The van der Waals surface area contributed by atoms with E-state index in [0.717, 1.165) is 22.0 Å². The minimum atomic E-state index is -1.12. The molecule has 5 heteroatoms. The Morgan fingerprint density at radius 1 is 0.793 bits per heavy atom. The highest BCUT2D eigenvalue weighted by atomic mass is 16.6. The lowest BCUT2D eigenvalue weighted by Crippen LogP contribution is -2.36. The van der Waals surface area contributed by atoms with Gasteiger partial charge in [0, 0.05) is 5.69 Å². The quantitative estimate of drug-likeness (QED) is 0.444. The standard InChI is InChI=1S/C24H25NO4/c1-3-28-23(26)21(24(27)29-4-2)22(18-11-6-5-7-12-18)25-20-15-14-17-10-8-9-13-19(17)16-20/h5-16,21-22,25H,3-4H2,1-2H3/t22-/m0/s1. The topological polar surface area (TPSA) is 64.6 Å². The number of fused-ring (bicyclic) bond motifs is 1. The van der Waals surface area contributed by atoms with E-state index in [1.54, 1.807) is 13.8 Å². The number of carbonyl (C=O) groups is 2. The highest BCUT2D eigenvalue weighted by Gasteiger charge is 2.38. The summed E-state index contributed by atoms with van der Waals surface area (Å²) in [5.41, 5.74) is 1.60. The van der Waals surface area contributed by atoms with E-state index in [1.807, 2.05) is 72.8 Å². The molecule has 0 unspecified atom stereocenters. The molecule has 0 radical (unpaired) electrons. The van der Waals surface area contributed by atoms with Crippen LogP contribution >= 0.6 is 0 Å². The number of esters is 2. The number of hydrogen-bond donors (Lipinski definition) is 1. The minimum Gasteiger partial charge on any atom is -0.465 e. The lowest BCUT2D eigenvalue weighted by atomic mass is 9.92. The van der Waals surface area contributed by atoms with Gasteiger partial charge >= 0.3 is 11.9 Å². The smallest absolute Gasteiger partial charge is 0.322 e. The maximum Gasteiger partial charge on any atom is 0.322 e. The highest BCUT2D eigenvalue weighted by molar-refractivity contribution is 5.96. The Morgan fingerprint density at radius 3 is 2.00 bits per heavy atom. The van der Waals surface area contributed by atoms with Crippen molar-refractivity contribution in [3.8, 4) is 0 Å². The van der Waals surface area contributed by atoms with Crippen molar-refractivity contribution in [3.63, 3.8) is 0 Å². The Balaban J connectivity index is 2.01. The summed E-state index contributed by atoms with van der Waals surface area (Å²) >= 11 is 0. The number of anilines is 1. The van der Waals surface area contributed by atoms with Crippen molar-refractivity contribution in [2.75, 3.05) is 18.5 Å². The summed E-state index contributed by atoms with van der Waals surface area (Å²) < 4.78 is 10.4. The van der Waals surface area contributed by atoms with Crippen LogP contribution in [0.5, 0.6) is 0 Å². The fourth-order valence-electron chi connectivity index (χ4n) is 3.31. The van der Waals surface area contributed by atoms with Crippen LogP contribution in [-0.2, 0) is 19.1 Å². The van der Waals surface area contributed by atoms with E-state index in [0.29, 0.717) is 0 Å². The molecule has 3 rings (SSSR count). The molecule has 0 aliphatic carbocycles. The van der Waals surface area contributed by atoms with Gasteiger partial charge in [-0.15, -0.1) is 0 Å². The summed E-state index contributed by atoms with van der Waals surface area (Å²) in [7, 11) is 0. The third-order valence-electron chi connectivity index (χ3n) is 4.64. The molecule has 3 aromatic carbocycles. The van der Waals surface area contributed by atoms with Crippen LogP contribution in [0.2, 0.25) is 0 Å². The van der Waals surface area contributed by atoms with Gasteiger partial charge in [0.25, 0.3) is 0 Å². The van der Waals surface area contributed by atoms with Crippen LogP contribution in [0.4, 0.5) is 5.69 Å². The summed E-state index contributed by atoms with van der Waals surface area (Å²) in [5.74, 6) is -2.33. The molecule has 1 atom stereocenters. The normalized spacial score (nSPS) is 11.8. The second-order valence-corrected chi connectivity index (χ2v) is 6.58. The second-order valence-electron chi connectivity index (χ2n) is 6.58. The monoisotopic (exact) mass is 391 g/mol. The molecule has 3 aromatic rings. The van der Waals surface area contributed by atoms with Crippen LogP contribution in [-0.4, -0.2) is 25.2 Å². The van der Waals surface area contributed by atoms with Gasteiger partial charge in [-0.2, -0.15) is 0 Å². The molecule has 0 amide bonds. The number of rotatable bonds is 8. The first-order chi connectivity index (χ1) is 14.1. The Bertz CT molecular complexity index is 953. The number of carbonyl (C=O) groups excluding carboxylic acids is 2. The van der Waals surface area contributed by atoms with Crippen LogP contribution in [0.25, 0.3) is 10.8 Å². The Morgan fingerprint density at radius 2 is 1.38 bits per heavy atom. The molecule has 0 aliphatic heterocycles. The van der Waals surface area contributed by atoms with Crippen LogP contribution < -0.4 is 5.32 Å². The molecule has 0 spiro atoms. The van der Waals surface area contributed by atoms with Crippen LogP contribution in [0.1, 0.15) is 25.5 Å². The molecule has 29 heavy (non-hydrogen) atoms. The molecule has 5 nitrogen and oxygen atoms in total. The average Bonchev–Trinajstić information content (AvgIpc) is 2.74. The van der Waals surface area contributed by atoms with Crippen molar-refractivity contribution in [3.05, 3.63) is 78.4 Å². The van der Waals surface area contributed by atoms with Crippen molar-refractivity contribution >= 4 is 28.4 Å². The van der Waals surface area contributed by atoms with Gasteiger partial charge in [-0.1, -0.05) is 60.7 Å². The molecule has 0 heterocycles. The largest absolute Gasteiger partial charge is 0.465 e. The first-order valence-corrected chi connectivity index (χ1v) is 9.77. The summed E-state index contributed by atoms with van der Waals surface area (Å²) in [4.78, 5) is 25.4. The Hall–Kier alpha value is -3.34. The summed E-state index contributed by atoms with van der Waals surface area (Å²) in [5, 5.41) is 5.54. The summed E-state index contributed by atoms with van der Waals surface area (Å²) in [6, 6.07) is 22.7. The number of ether oxygens (including phenoxy) is 2. The van der Waals surface area contributed by atoms with Gasteiger partial charge in [-0.25, -0.2) is 0 Å². The van der Waals surface area contributed by atoms with Gasteiger partial charge in [0.05, 0.1) is 19.3 Å². The molecule has 1 N–H and O–H groups in total. The first-order valence-electron chi connectivity index (χ1n) is 9.77. The van der Waals surface area contributed by atoms with E-state index < -0.39 is 23.9 Å². The predicted molar refractivity (Wildman–Crippen MR) is 114 cm³/mol. The van der Waals surface area contributed by atoms with Gasteiger partial charge in [-0.3, -0.25) is 9.59 Å². The van der Waals surface area contributed by atoms with Gasteiger partial charge in [0.15, 0.2) is 5.92 Å². The van der Waals surface area contributed by atoms with Crippen LogP contribution in [0, 0.1) is 5.92 Å². The van der Waals surface area contributed by atoms with Gasteiger partial charge in [-0.05, 0) is 42.3 Å². The third-order valence-corrected chi connectivity index (χ3v) is 4.64. The molecule has 150 valence electrons. The van der Waals surface area contributed by atoms with Crippen LogP contribution in [0.15, 0.2) is 72.8 Å². The Kier molecular flexibility index (Phi) is 6.85. The zero-order chi connectivity index (χ0) is 20.6. The maximum atomic E-state index is 12.7. The minimum absolute atomic E-state index is 0.187. The molecular weight excluding hydrogens is 366 g/mol. The van der Waals surface area contributed by atoms with Gasteiger partial charge in [0.1, 0.15) is 0 Å². The SMILES string of the molecule is CCOC(=O)C(C(=O)OCC)[C@@H](Nc1ccc2ccccc2c1)c1ccccc1.